The van der Waals surface area contributed by atoms with Crippen LogP contribution in [-0.4, -0.2) is 48.7 Å². The van der Waals surface area contributed by atoms with Crippen LogP contribution >= 0.6 is 0 Å². The summed E-state index contributed by atoms with van der Waals surface area (Å²) in [6.45, 7) is 3.21. The van der Waals surface area contributed by atoms with Crippen LogP contribution < -0.4 is 0 Å². The van der Waals surface area contributed by atoms with Gasteiger partial charge in [-0.25, -0.2) is 0 Å². The normalized spacial score (nSPS) is 10.3. The van der Waals surface area contributed by atoms with Crippen molar-refractivity contribution in [3.8, 4) is 0 Å². The van der Waals surface area contributed by atoms with Crippen molar-refractivity contribution in [1.82, 2.24) is 4.90 Å². The number of carboxylic acid groups (broad SMARTS) is 1. The second kappa shape index (κ2) is 8.32. The molecule has 0 aliphatic rings. The highest BCUT2D eigenvalue weighted by Crippen LogP contribution is 2.08. The predicted molar refractivity (Wildman–Crippen MR) is 75.8 cm³/mol. The molecule has 0 spiro atoms. The fourth-order valence-electron chi connectivity index (χ4n) is 1.82. The van der Waals surface area contributed by atoms with Crippen molar-refractivity contribution in [3.05, 3.63) is 35.4 Å². The largest absolute Gasteiger partial charge is 0.481 e. The highest BCUT2D eigenvalue weighted by molar-refractivity contribution is 5.94. The first kappa shape index (κ1) is 16.2. The summed E-state index contributed by atoms with van der Waals surface area (Å²) >= 11 is 0. The molecule has 0 saturated heterocycles. The second-order valence-electron chi connectivity index (χ2n) is 4.65. The van der Waals surface area contributed by atoms with E-state index in [1.807, 2.05) is 19.1 Å². The van der Waals surface area contributed by atoms with Crippen LogP contribution in [0.3, 0.4) is 0 Å². The molecule has 5 nitrogen and oxygen atoms in total. The zero-order valence-electron chi connectivity index (χ0n) is 12.0. The molecule has 1 amide bonds. The number of hydrogen-bond donors (Lipinski definition) is 1. The van der Waals surface area contributed by atoms with Crippen LogP contribution in [0.4, 0.5) is 0 Å². The van der Waals surface area contributed by atoms with E-state index in [9.17, 15) is 9.59 Å². The lowest BCUT2D eigenvalue weighted by molar-refractivity contribution is -0.137. The number of hydrogen-bond acceptors (Lipinski definition) is 3. The van der Waals surface area contributed by atoms with Crippen LogP contribution in [0.25, 0.3) is 0 Å². The Kier molecular flexibility index (Phi) is 6.73. The topological polar surface area (TPSA) is 66.8 Å². The zero-order valence-corrected chi connectivity index (χ0v) is 12.0. The Morgan fingerprint density at radius 2 is 1.85 bits per heavy atom. The third kappa shape index (κ3) is 5.40. The van der Waals surface area contributed by atoms with Gasteiger partial charge < -0.3 is 14.7 Å². The van der Waals surface area contributed by atoms with E-state index in [2.05, 4.69) is 0 Å². The number of amides is 1. The van der Waals surface area contributed by atoms with Gasteiger partial charge >= 0.3 is 5.97 Å². The predicted octanol–water partition coefficient (Wildman–Crippen LogP) is 1.95. The minimum Gasteiger partial charge on any atom is -0.481 e. The maximum absolute atomic E-state index is 12.4. The monoisotopic (exact) mass is 279 g/mol. The zero-order chi connectivity index (χ0) is 15.0. The van der Waals surface area contributed by atoms with Crippen molar-refractivity contribution in [2.45, 2.75) is 19.8 Å². The summed E-state index contributed by atoms with van der Waals surface area (Å²) in [6, 6.07) is 7.28. The molecule has 0 bridgehead atoms. The number of carbonyl (C=O) groups is 2. The van der Waals surface area contributed by atoms with E-state index in [1.54, 1.807) is 24.1 Å². The maximum atomic E-state index is 12.4. The highest BCUT2D eigenvalue weighted by Gasteiger charge is 2.16. The van der Waals surface area contributed by atoms with Crippen LogP contribution in [0.1, 0.15) is 28.8 Å². The minimum absolute atomic E-state index is 0.0510. The third-order valence-electron chi connectivity index (χ3n) is 2.96. The fourth-order valence-corrected chi connectivity index (χ4v) is 1.82. The average molecular weight is 279 g/mol. The number of methoxy groups -OCH3 is 1. The first-order chi connectivity index (χ1) is 9.54. The number of aryl methyl sites for hydroxylation is 1. The molecule has 1 rings (SSSR count). The Morgan fingerprint density at radius 3 is 2.40 bits per heavy atom. The van der Waals surface area contributed by atoms with E-state index in [1.165, 1.54) is 0 Å². The first-order valence-corrected chi connectivity index (χ1v) is 6.61. The van der Waals surface area contributed by atoms with Crippen molar-refractivity contribution < 1.29 is 19.4 Å². The van der Waals surface area contributed by atoms with Gasteiger partial charge in [-0.1, -0.05) is 17.7 Å². The molecule has 0 unspecified atom stereocenters. The molecular formula is C15H21NO4. The molecule has 1 aromatic carbocycles. The maximum Gasteiger partial charge on any atom is 0.305 e. The van der Waals surface area contributed by atoms with Crippen molar-refractivity contribution in [2.75, 3.05) is 26.8 Å². The molecule has 110 valence electrons. The van der Waals surface area contributed by atoms with Gasteiger partial charge in [0.15, 0.2) is 0 Å². The van der Waals surface area contributed by atoms with E-state index >= 15 is 0 Å². The van der Waals surface area contributed by atoms with Crippen molar-refractivity contribution in [1.29, 1.82) is 0 Å². The van der Waals surface area contributed by atoms with Gasteiger partial charge in [0.25, 0.3) is 5.91 Å². The van der Waals surface area contributed by atoms with E-state index in [-0.39, 0.29) is 18.9 Å². The molecule has 5 heteroatoms. The van der Waals surface area contributed by atoms with Gasteiger partial charge in [-0.15, -0.1) is 0 Å². The Hall–Kier alpha value is -1.88. The van der Waals surface area contributed by atoms with Crippen LogP contribution in [0.2, 0.25) is 0 Å². The Bertz CT molecular complexity index is 442. The fraction of sp³-hybridized carbons (Fsp3) is 0.467. The molecule has 0 aliphatic heterocycles. The van der Waals surface area contributed by atoms with Gasteiger partial charge in [-0.3, -0.25) is 9.59 Å². The molecular weight excluding hydrogens is 258 g/mol. The number of carboxylic acids is 1. The number of nitrogens with zero attached hydrogens (tertiary/aromatic N) is 1. The van der Waals surface area contributed by atoms with E-state index in [4.69, 9.17) is 9.84 Å². The van der Waals surface area contributed by atoms with Gasteiger partial charge in [0.2, 0.25) is 0 Å². The van der Waals surface area contributed by atoms with E-state index in [0.29, 0.717) is 25.1 Å². The van der Waals surface area contributed by atoms with Crippen LogP contribution in [0, 0.1) is 6.92 Å². The van der Waals surface area contributed by atoms with Gasteiger partial charge in [0.05, 0.1) is 6.42 Å². The second-order valence-corrected chi connectivity index (χ2v) is 4.65. The van der Waals surface area contributed by atoms with Crippen LogP contribution in [-0.2, 0) is 9.53 Å². The Balaban J connectivity index is 2.71. The molecule has 0 radical (unpaired) electrons. The molecule has 0 heterocycles. The standard InChI is InChI=1S/C15H21NO4/c1-12-4-6-13(7-5-12)15(19)16(9-3-11-20-2)10-8-14(17)18/h4-7H,3,8-11H2,1-2H3,(H,17,18). The molecule has 0 aliphatic carbocycles. The van der Waals surface area contributed by atoms with Crippen LogP contribution in [0.5, 0.6) is 0 Å². The number of rotatable bonds is 8. The average Bonchev–Trinajstić information content (AvgIpc) is 2.42. The summed E-state index contributed by atoms with van der Waals surface area (Å²) in [5.74, 6) is -1.04. The highest BCUT2D eigenvalue weighted by atomic mass is 16.5. The van der Waals surface area contributed by atoms with Crippen molar-refractivity contribution >= 4 is 11.9 Å². The number of carbonyl (C=O) groups excluding carboxylic acids is 1. The molecule has 0 atom stereocenters. The van der Waals surface area contributed by atoms with Crippen LogP contribution in [0.15, 0.2) is 24.3 Å². The van der Waals surface area contributed by atoms with Gasteiger partial charge in [-0.05, 0) is 25.5 Å². The van der Waals surface area contributed by atoms with Gasteiger partial charge in [0, 0.05) is 32.4 Å². The van der Waals surface area contributed by atoms with Crippen molar-refractivity contribution in [2.24, 2.45) is 0 Å². The first-order valence-electron chi connectivity index (χ1n) is 6.61. The van der Waals surface area contributed by atoms with Crippen molar-refractivity contribution in [3.63, 3.8) is 0 Å². The summed E-state index contributed by atoms with van der Waals surface area (Å²) in [6.07, 6.45) is 0.637. The summed E-state index contributed by atoms with van der Waals surface area (Å²) in [5.41, 5.74) is 1.66. The molecule has 20 heavy (non-hydrogen) atoms. The number of aliphatic carboxylic acids is 1. The molecule has 1 aromatic rings. The lowest BCUT2D eigenvalue weighted by Gasteiger charge is -2.22. The minimum atomic E-state index is -0.904. The summed E-state index contributed by atoms with van der Waals surface area (Å²) in [7, 11) is 1.60. The number of ether oxygens (including phenoxy) is 1. The van der Waals surface area contributed by atoms with E-state index < -0.39 is 5.97 Å². The molecule has 0 fully saturated rings. The lowest BCUT2D eigenvalue weighted by atomic mass is 10.1. The molecule has 0 saturated carbocycles. The quantitative estimate of drug-likeness (QED) is 0.739. The summed E-state index contributed by atoms with van der Waals surface area (Å²) < 4.78 is 4.96. The molecule has 0 aromatic heterocycles. The number of benzene rings is 1. The summed E-state index contributed by atoms with van der Waals surface area (Å²) in [4.78, 5) is 24.6. The van der Waals surface area contributed by atoms with Gasteiger partial charge in [0.1, 0.15) is 0 Å². The van der Waals surface area contributed by atoms with E-state index in [0.717, 1.165) is 5.56 Å². The SMILES string of the molecule is COCCCN(CCC(=O)O)C(=O)c1ccc(C)cc1. The summed E-state index contributed by atoms with van der Waals surface area (Å²) in [5, 5.41) is 8.76. The molecule has 1 N–H and O–H groups in total. The Labute approximate surface area is 119 Å². The third-order valence-corrected chi connectivity index (χ3v) is 2.96. The van der Waals surface area contributed by atoms with Gasteiger partial charge in [-0.2, -0.15) is 0 Å². The smallest absolute Gasteiger partial charge is 0.305 e. The Morgan fingerprint density at radius 1 is 1.20 bits per heavy atom. The lowest BCUT2D eigenvalue weighted by Crippen LogP contribution is -2.34.